The van der Waals surface area contributed by atoms with Gasteiger partial charge in [0.2, 0.25) is 0 Å². The minimum Gasteiger partial charge on any atom is -0.490 e. The molecule has 0 spiro atoms. The molecule has 0 unspecified atom stereocenters. The highest BCUT2D eigenvalue weighted by Gasteiger charge is 2.21. The molecule has 0 atom stereocenters. The van der Waals surface area contributed by atoms with Gasteiger partial charge < -0.3 is 15.4 Å². The fourth-order valence-electron chi connectivity index (χ4n) is 3.19. The third-order valence-corrected chi connectivity index (χ3v) is 5.28. The van der Waals surface area contributed by atoms with Crippen LogP contribution in [0.4, 0.5) is 5.69 Å². The Morgan fingerprint density at radius 2 is 1.93 bits per heavy atom. The molecule has 0 radical (unpaired) electrons. The molecule has 0 aromatic heterocycles. The number of hydrogen-bond donors (Lipinski definition) is 2. The van der Waals surface area contributed by atoms with E-state index in [1.165, 1.54) is 13.0 Å². The van der Waals surface area contributed by atoms with Gasteiger partial charge in [0.15, 0.2) is 5.78 Å². The lowest BCUT2D eigenvalue weighted by Crippen LogP contribution is -2.25. The smallest absolute Gasteiger partial charge is 0.255 e. The number of rotatable bonds is 5. The second-order valence-electron chi connectivity index (χ2n) is 6.99. The molecule has 1 aliphatic heterocycles. The van der Waals surface area contributed by atoms with Crippen LogP contribution in [0.15, 0.2) is 24.3 Å². The first kappa shape index (κ1) is 20.6. The molecule has 2 aromatic rings. The summed E-state index contributed by atoms with van der Waals surface area (Å²) in [5, 5.41) is 7.13. The van der Waals surface area contributed by atoms with E-state index in [2.05, 4.69) is 10.6 Å². The lowest BCUT2D eigenvalue weighted by Gasteiger charge is -2.22. The van der Waals surface area contributed by atoms with E-state index in [-0.39, 0.29) is 17.8 Å². The molecule has 0 saturated heterocycles. The Morgan fingerprint density at radius 1 is 1.18 bits per heavy atom. The molecule has 7 heteroatoms. The van der Waals surface area contributed by atoms with Gasteiger partial charge in [0.1, 0.15) is 5.75 Å². The number of benzene rings is 2. The lowest BCUT2D eigenvalue weighted by molar-refractivity contribution is 0.101. The molecule has 1 heterocycles. The summed E-state index contributed by atoms with van der Waals surface area (Å²) in [4.78, 5) is 24.8. The first-order valence-corrected chi connectivity index (χ1v) is 9.87. The zero-order chi connectivity index (χ0) is 20.4. The molecule has 0 aliphatic carbocycles. The maximum Gasteiger partial charge on any atom is 0.255 e. The highest BCUT2D eigenvalue weighted by atomic mass is 35.5. The second kappa shape index (κ2) is 8.52. The van der Waals surface area contributed by atoms with Crippen molar-refractivity contribution in [3.63, 3.8) is 0 Å². The predicted molar refractivity (Wildman–Crippen MR) is 112 cm³/mol. The standard InChI is InChI=1S/C21H22Cl2N2O3/c1-11(2)28-19-5-4-13(8-15(19)12(3)26)21(27)25-18-9-17(22)14-6-7-24-10-16(14)20(18)23/h4-5,8-9,11,24H,6-7,10H2,1-3H3,(H,25,27). The molecular formula is C21H22Cl2N2O3. The zero-order valence-electron chi connectivity index (χ0n) is 16.0. The van der Waals surface area contributed by atoms with Crippen molar-refractivity contribution in [2.45, 2.75) is 39.8 Å². The normalized spacial score (nSPS) is 13.2. The van der Waals surface area contributed by atoms with E-state index >= 15 is 0 Å². The molecule has 148 valence electrons. The van der Waals surface area contributed by atoms with Gasteiger partial charge in [0, 0.05) is 17.1 Å². The van der Waals surface area contributed by atoms with Crippen LogP contribution in [-0.2, 0) is 13.0 Å². The molecule has 3 rings (SSSR count). The van der Waals surface area contributed by atoms with Crippen molar-refractivity contribution >= 4 is 40.6 Å². The summed E-state index contributed by atoms with van der Waals surface area (Å²) in [5.74, 6) is -0.0912. The summed E-state index contributed by atoms with van der Waals surface area (Å²) in [6.45, 7) is 6.64. The van der Waals surface area contributed by atoms with Crippen LogP contribution < -0.4 is 15.4 Å². The van der Waals surface area contributed by atoms with Gasteiger partial charge in [-0.2, -0.15) is 0 Å². The molecule has 2 N–H and O–H groups in total. The number of fused-ring (bicyclic) bond motifs is 1. The molecular weight excluding hydrogens is 399 g/mol. The van der Waals surface area contributed by atoms with Crippen LogP contribution in [0.1, 0.15) is 52.6 Å². The minimum absolute atomic E-state index is 0.0807. The number of ketones is 1. The van der Waals surface area contributed by atoms with Crippen LogP contribution in [0, 0.1) is 0 Å². The highest BCUT2D eigenvalue weighted by molar-refractivity contribution is 6.37. The van der Waals surface area contributed by atoms with E-state index in [0.717, 1.165) is 24.1 Å². The first-order valence-electron chi connectivity index (χ1n) is 9.11. The minimum atomic E-state index is -0.375. The quantitative estimate of drug-likeness (QED) is 0.676. The number of carbonyl (C=O) groups is 2. The number of Topliss-reactive ketones (excluding diaryl/α,β-unsaturated/α-hetero) is 1. The van der Waals surface area contributed by atoms with E-state index in [4.69, 9.17) is 27.9 Å². The van der Waals surface area contributed by atoms with E-state index in [1.807, 2.05) is 13.8 Å². The third-order valence-electron chi connectivity index (χ3n) is 4.51. The average Bonchev–Trinajstić information content (AvgIpc) is 2.65. The van der Waals surface area contributed by atoms with Crippen molar-refractivity contribution in [2.75, 3.05) is 11.9 Å². The molecule has 1 amide bonds. The van der Waals surface area contributed by atoms with E-state index in [9.17, 15) is 9.59 Å². The van der Waals surface area contributed by atoms with Gasteiger partial charge in [-0.1, -0.05) is 23.2 Å². The number of nitrogens with one attached hydrogen (secondary N) is 2. The van der Waals surface area contributed by atoms with Crippen LogP contribution in [0.3, 0.4) is 0 Å². The number of anilines is 1. The van der Waals surface area contributed by atoms with Gasteiger partial charge in [-0.25, -0.2) is 0 Å². The predicted octanol–water partition coefficient (Wildman–Crippen LogP) is 4.88. The number of halogens is 2. The molecule has 0 saturated carbocycles. The van der Waals surface area contributed by atoms with Crippen molar-refractivity contribution in [1.82, 2.24) is 5.32 Å². The lowest BCUT2D eigenvalue weighted by atomic mass is 10.00. The Kier molecular flexibility index (Phi) is 6.28. The monoisotopic (exact) mass is 420 g/mol. The van der Waals surface area contributed by atoms with Crippen LogP contribution in [0.5, 0.6) is 5.75 Å². The Morgan fingerprint density at radius 3 is 2.61 bits per heavy atom. The fraction of sp³-hybridized carbons (Fsp3) is 0.333. The van der Waals surface area contributed by atoms with Crippen molar-refractivity contribution in [1.29, 1.82) is 0 Å². The van der Waals surface area contributed by atoms with E-state index in [0.29, 0.717) is 39.2 Å². The van der Waals surface area contributed by atoms with Crippen molar-refractivity contribution in [2.24, 2.45) is 0 Å². The number of hydrogen-bond acceptors (Lipinski definition) is 4. The van der Waals surface area contributed by atoms with Crippen molar-refractivity contribution in [3.05, 3.63) is 56.6 Å². The number of ether oxygens (including phenoxy) is 1. The highest BCUT2D eigenvalue weighted by Crippen LogP contribution is 2.36. The Balaban J connectivity index is 1.90. The van der Waals surface area contributed by atoms with Crippen LogP contribution in [-0.4, -0.2) is 24.3 Å². The van der Waals surface area contributed by atoms with Crippen LogP contribution in [0.2, 0.25) is 10.0 Å². The Labute approximate surface area is 174 Å². The second-order valence-corrected chi connectivity index (χ2v) is 7.78. The SMILES string of the molecule is CC(=O)c1cc(C(=O)Nc2cc(Cl)c3c(c2Cl)CNCC3)ccc1OC(C)C. The summed E-state index contributed by atoms with van der Waals surface area (Å²) < 4.78 is 5.66. The molecule has 28 heavy (non-hydrogen) atoms. The van der Waals surface area contributed by atoms with Gasteiger partial charge in [-0.15, -0.1) is 0 Å². The van der Waals surface area contributed by atoms with Crippen molar-refractivity contribution < 1.29 is 14.3 Å². The Hall–Kier alpha value is -2.08. The first-order chi connectivity index (χ1) is 13.3. The summed E-state index contributed by atoms with van der Waals surface area (Å²) in [6.07, 6.45) is 0.712. The van der Waals surface area contributed by atoms with Gasteiger partial charge in [0.05, 0.1) is 22.4 Å². The van der Waals surface area contributed by atoms with Crippen molar-refractivity contribution in [3.8, 4) is 5.75 Å². The Bertz CT molecular complexity index is 942. The summed E-state index contributed by atoms with van der Waals surface area (Å²) >= 11 is 12.9. The molecule has 5 nitrogen and oxygen atoms in total. The molecule has 0 fully saturated rings. The molecule has 0 bridgehead atoms. The molecule has 1 aliphatic rings. The summed E-state index contributed by atoms with van der Waals surface area (Å²) in [7, 11) is 0. The topological polar surface area (TPSA) is 67.4 Å². The van der Waals surface area contributed by atoms with Crippen LogP contribution in [0.25, 0.3) is 0 Å². The van der Waals surface area contributed by atoms with Gasteiger partial charge >= 0.3 is 0 Å². The van der Waals surface area contributed by atoms with E-state index < -0.39 is 0 Å². The van der Waals surface area contributed by atoms with Gasteiger partial charge in [0.25, 0.3) is 5.91 Å². The maximum absolute atomic E-state index is 12.8. The largest absolute Gasteiger partial charge is 0.490 e. The number of carbonyl (C=O) groups excluding carboxylic acids is 2. The molecule has 2 aromatic carbocycles. The van der Waals surface area contributed by atoms with E-state index in [1.54, 1.807) is 18.2 Å². The maximum atomic E-state index is 12.8. The average molecular weight is 421 g/mol. The van der Waals surface area contributed by atoms with Crippen LogP contribution >= 0.6 is 23.2 Å². The van der Waals surface area contributed by atoms with Gasteiger partial charge in [-0.05, 0) is 69.1 Å². The summed E-state index contributed by atoms with van der Waals surface area (Å²) in [5.41, 5.74) is 3.06. The third kappa shape index (κ3) is 4.32. The van der Waals surface area contributed by atoms with Gasteiger partial charge in [-0.3, -0.25) is 9.59 Å². The zero-order valence-corrected chi connectivity index (χ0v) is 17.5. The fourth-order valence-corrected chi connectivity index (χ4v) is 3.79. The summed E-state index contributed by atoms with van der Waals surface area (Å²) in [6, 6.07) is 6.46. The number of amides is 1.